The summed E-state index contributed by atoms with van der Waals surface area (Å²) in [4.78, 5) is 28.5. The Morgan fingerprint density at radius 3 is 2.55 bits per heavy atom. The lowest BCUT2D eigenvalue weighted by Crippen LogP contribution is -2.45. The highest BCUT2D eigenvalue weighted by atomic mass is 16.4. The average molecular weight is 279 g/mol. The highest BCUT2D eigenvalue weighted by molar-refractivity contribution is 5.76. The first-order valence-electron chi connectivity index (χ1n) is 6.61. The summed E-state index contributed by atoms with van der Waals surface area (Å²) < 4.78 is 0. The van der Waals surface area contributed by atoms with Gasteiger partial charge in [0, 0.05) is 18.8 Å². The molecule has 0 spiro atoms. The first-order chi connectivity index (χ1) is 9.41. The van der Waals surface area contributed by atoms with E-state index in [4.69, 9.17) is 5.11 Å². The summed E-state index contributed by atoms with van der Waals surface area (Å²) in [5.41, 5.74) is 0.766. The molecule has 0 fully saturated rings. The smallest absolute Gasteiger partial charge is 0.318 e. The highest BCUT2D eigenvalue weighted by Gasteiger charge is 2.20. The SMILES string of the molecule is CC(NC(=O)N(CCC(=O)O)C(C)C)c1ccccn1. The van der Waals surface area contributed by atoms with Gasteiger partial charge in [0.2, 0.25) is 0 Å². The van der Waals surface area contributed by atoms with Crippen LogP contribution in [0.15, 0.2) is 24.4 Å². The molecule has 1 atom stereocenters. The number of carboxylic acids is 1. The van der Waals surface area contributed by atoms with Gasteiger partial charge < -0.3 is 15.3 Å². The van der Waals surface area contributed by atoms with Gasteiger partial charge in [-0.15, -0.1) is 0 Å². The van der Waals surface area contributed by atoms with Gasteiger partial charge in [0.25, 0.3) is 0 Å². The third kappa shape index (κ3) is 4.87. The number of aromatic nitrogens is 1. The van der Waals surface area contributed by atoms with Crippen molar-refractivity contribution in [2.45, 2.75) is 39.3 Å². The molecule has 1 heterocycles. The lowest BCUT2D eigenvalue weighted by Gasteiger charge is -2.28. The van der Waals surface area contributed by atoms with Gasteiger partial charge in [-0.05, 0) is 32.9 Å². The number of carboxylic acid groups (broad SMARTS) is 1. The van der Waals surface area contributed by atoms with E-state index in [9.17, 15) is 9.59 Å². The van der Waals surface area contributed by atoms with Gasteiger partial charge in [-0.2, -0.15) is 0 Å². The van der Waals surface area contributed by atoms with E-state index in [1.165, 1.54) is 4.90 Å². The van der Waals surface area contributed by atoms with Crippen molar-refractivity contribution in [2.75, 3.05) is 6.54 Å². The molecule has 0 aliphatic carbocycles. The lowest BCUT2D eigenvalue weighted by atomic mass is 10.2. The molecule has 0 aromatic carbocycles. The molecule has 0 aliphatic heterocycles. The number of rotatable bonds is 6. The van der Waals surface area contributed by atoms with E-state index in [-0.39, 0.29) is 31.1 Å². The monoisotopic (exact) mass is 279 g/mol. The molecule has 0 aliphatic rings. The van der Waals surface area contributed by atoms with Gasteiger partial charge in [-0.25, -0.2) is 4.79 Å². The molecule has 6 heteroatoms. The van der Waals surface area contributed by atoms with E-state index < -0.39 is 5.97 Å². The average Bonchev–Trinajstić information content (AvgIpc) is 2.39. The van der Waals surface area contributed by atoms with Crippen LogP contribution < -0.4 is 5.32 Å². The normalized spacial score (nSPS) is 12.0. The van der Waals surface area contributed by atoms with E-state index in [1.54, 1.807) is 6.20 Å². The van der Waals surface area contributed by atoms with Gasteiger partial charge in [0.05, 0.1) is 18.2 Å². The van der Waals surface area contributed by atoms with E-state index >= 15 is 0 Å². The fourth-order valence-corrected chi connectivity index (χ4v) is 1.78. The first-order valence-corrected chi connectivity index (χ1v) is 6.61. The Balaban J connectivity index is 2.64. The van der Waals surface area contributed by atoms with Crippen molar-refractivity contribution >= 4 is 12.0 Å². The number of amides is 2. The third-order valence-corrected chi connectivity index (χ3v) is 2.92. The molecule has 0 saturated carbocycles. The topological polar surface area (TPSA) is 82.5 Å². The summed E-state index contributed by atoms with van der Waals surface area (Å²) >= 11 is 0. The maximum Gasteiger partial charge on any atom is 0.318 e. The van der Waals surface area contributed by atoms with Crippen LogP contribution >= 0.6 is 0 Å². The number of hydrogen-bond acceptors (Lipinski definition) is 3. The van der Waals surface area contributed by atoms with Gasteiger partial charge in [0.15, 0.2) is 0 Å². The van der Waals surface area contributed by atoms with Gasteiger partial charge in [0.1, 0.15) is 0 Å². The molecular weight excluding hydrogens is 258 g/mol. The molecule has 6 nitrogen and oxygen atoms in total. The number of aliphatic carboxylic acids is 1. The van der Waals surface area contributed by atoms with E-state index in [0.29, 0.717) is 0 Å². The molecule has 1 rings (SSSR count). The van der Waals surface area contributed by atoms with Crippen LogP contribution in [0.2, 0.25) is 0 Å². The maximum atomic E-state index is 12.2. The van der Waals surface area contributed by atoms with Gasteiger partial charge >= 0.3 is 12.0 Å². The van der Waals surface area contributed by atoms with Crippen molar-refractivity contribution in [2.24, 2.45) is 0 Å². The summed E-state index contributed by atoms with van der Waals surface area (Å²) in [6.07, 6.45) is 1.60. The number of nitrogens with one attached hydrogen (secondary N) is 1. The number of urea groups is 1. The Hall–Kier alpha value is -2.11. The van der Waals surface area contributed by atoms with Crippen molar-refractivity contribution in [3.8, 4) is 0 Å². The molecule has 2 N–H and O–H groups in total. The van der Waals surface area contributed by atoms with Crippen molar-refractivity contribution < 1.29 is 14.7 Å². The van der Waals surface area contributed by atoms with Gasteiger partial charge in [-0.1, -0.05) is 6.07 Å². The van der Waals surface area contributed by atoms with Crippen LogP contribution in [0.4, 0.5) is 4.79 Å². The van der Waals surface area contributed by atoms with Crippen molar-refractivity contribution in [1.82, 2.24) is 15.2 Å². The Morgan fingerprint density at radius 2 is 2.05 bits per heavy atom. The zero-order chi connectivity index (χ0) is 15.1. The summed E-state index contributed by atoms with van der Waals surface area (Å²) in [7, 11) is 0. The Kier molecular flexibility index (Phi) is 5.96. The fourth-order valence-electron chi connectivity index (χ4n) is 1.78. The Labute approximate surface area is 118 Å². The zero-order valence-electron chi connectivity index (χ0n) is 12.0. The predicted octanol–water partition coefficient (Wildman–Crippen LogP) is 2.04. The largest absolute Gasteiger partial charge is 0.481 e. The van der Waals surface area contributed by atoms with Crippen LogP contribution in [0.5, 0.6) is 0 Å². The minimum atomic E-state index is -0.916. The van der Waals surface area contributed by atoms with E-state index in [2.05, 4.69) is 10.3 Å². The second-order valence-electron chi connectivity index (χ2n) is 4.86. The van der Waals surface area contributed by atoms with Crippen molar-refractivity contribution in [3.63, 3.8) is 0 Å². The molecule has 1 unspecified atom stereocenters. The molecule has 1 aromatic rings. The molecule has 0 bridgehead atoms. The predicted molar refractivity (Wildman–Crippen MR) is 75.3 cm³/mol. The number of hydrogen-bond donors (Lipinski definition) is 2. The van der Waals surface area contributed by atoms with Crippen LogP contribution in [0.1, 0.15) is 38.9 Å². The van der Waals surface area contributed by atoms with Crippen LogP contribution in [-0.2, 0) is 4.79 Å². The second-order valence-corrected chi connectivity index (χ2v) is 4.86. The quantitative estimate of drug-likeness (QED) is 0.834. The van der Waals surface area contributed by atoms with E-state index in [0.717, 1.165) is 5.69 Å². The first kappa shape index (κ1) is 15.9. The van der Waals surface area contributed by atoms with Crippen LogP contribution in [0, 0.1) is 0 Å². The second kappa shape index (κ2) is 7.47. The minimum absolute atomic E-state index is 0.0646. The molecule has 0 saturated heterocycles. The molecule has 0 radical (unpaired) electrons. The number of nitrogens with zero attached hydrogens (tertiary/aromatic N) is 2. The van der Waals surface area contributed by atoms with Crippen LogP contribution in [0.25, 0.3) is 0 Å². The minimum Gasteiger partial charge on any atom is -0.481 e. The third-order valence-electron chi connectivity index (χ3n) is 2.92. The van der Waals surface area contributed by atoms with E-state index in [1.807, 2.05) is 39.0 Å². The summed E-state index contributed by atoms with van der Waals surface area (Å²) in [5.74, 6) is -0.916. The molecule has 1 aromatic heterocycles. The zero-order valence-corrected chi connectivity index (χ0v) is 12.0. The fraction of sp³-hybridized carbons (Fsp3) is 0.500. The highest BCUT2D eigenvalue weighted by Crippen LogP contribution is 2.10. The van der Waals surface area contributed by atoms with Crippen LogP contribution in [0.3, 0.4) is 0 Å². The van der Waals surface area contributed by atoms with Gasteiger partial charge in [-0.3, -0.25) is 9.78 Å². The number of carbonyl (C=O) groups is 2. The molecule has 2 amide bonds. The van der Waals surface area contributed by atoms with Crippen molar-refractivity contribution in [3.05, 3.63) is 30.1 Å². The standard InChI is InChI=1S/C14H21N3O3/c1-10(2)17(9-7-13(18)19)14(20)16-11(3)12-6-4-5-8-15-12/h4-6,8,10-11H,7,9H2,1-3H3,(H,16,20)(H,18,19). The number of carbonyl (C=O) groups excluding carboxylic acids is 1. The molecule has 20 heavy (non-hydrogen) atoms. The summed E-state index contributed by atoms with van der Waals surface area (Å²) in [6.45, 7) is 5.74. The summed E-state index contributed by atoms with van der Waals surface area (Å²) in [6, 6.07) is 4.93. The van der Waals surface area contributed by atoms with Crippen molar-refractivity contribution in [1.29, 1.82) is 0 Å². The maximum absolute atomic E-state index is 12.2. The lowest BCUT2D eigenvalue weighted by molar-refractivity contribution is -0.137. The van der Waals surface area contributed by atoms with Crippen LogP contribution in [-0.4, -0.2) is 39.6 Å². The Morgan fingerprint density at radius 1 is 1.35 bits per heavy atom. The molecular formula is C14H21N3O3. The Bertz CT molecular complexity index is 448. The summed E-state index contributed by atoms with van der Waals surface area (Å²) in [5, 5.41) is 11.6. The number of pyridine rings is 1. The molecule has 110 valence electrons.